The quantitative estimate of drug-likeness (QED) is 0.757. The molecule has 0 spiro atoms. The minimum absolute atomic E-state index is 0.189. The number of amides is 1. The monoisotopic (exact) mass is 382 g/mol. The molecule has 0 saturated carbocycles. The molecule has 0 aliphatic carbocycles. The van der Waals surface area contributed by atoms with Gasteiger partial charge in [0.15, 0.2) is 0 Å². The Balaban J connectivity index is 2.25. The summed E-state index contributed by atoms with van der Waals surface area (Å²) in [6.07, 6.45) is 0. The Morgan fingerprint density at radius 1 is 1.11 bits per heavy atom. The first-order chi connectivity index (χ1) is 8.97. The molecule has 0 saturated heterocycles. The summed E-state index contributed by atoms with van der Waals surface area (Å²) in [7, 11) is 0. The molecule has 2 aromatic rings. The third-order valence-electron chi connectivity index (χ3n) is 2.63. The average Bonchev–Trinajstić information content (AvgIpc) is 2.37. The Kier molecular flexibility index (Phi) is 4.27. The van der Waals surface area contributed by atoms with Gasteiger partial charge in [-0.05, 0) is 74.7 Å². The van der Waals surface area contributed by atoms with Crippen molar-refractivity contribution in [2.24, 2.45) is 0 Å². The van der Waals surface area contributed by atoms with Crippen LogP contribution in [0.3, 0.4) is 0 Å². The summed E-state index contributed by atoms with van der Waals surface area (Å²) in [4.78, 5) is 12.1. The van der Waals surface area contributed by atoms with Gasteiger partial charge in [0.25, 0.3) is 5.91 Å². The number of benzene rings is 2. The largest absolute Gasteiger partial charge is 0.398 e. The number of aryl methyl sites for hydroxylation is 1. The second kappa shape index (κ2) is 5.75. The highest BCUT2D eigenvalue weighted by Gasteiger charge is 2.09. The minimum Gasteiger partial charge on any atom is -0.398 e. The number of halogens is 2. The number of anilines is 2. The van der Waals surface area contributed by atoms with E-state index < -0.39 is 0 Å². The number of nitrogen functional groups attached to an aromatic ring is 1. The summed E-state index contributed by atoms with van der Waals surface area (Å²) < 4.78 is 1.62. The van der Waals surface area contributed by atoms with E-state index in [2.05, 4.69) is 37.2 Å². The van der Waals surface area contributed by atoms with Gasteiger partial charge in [-0.25, -0.2) is 0 Å². The molecule has 0 aliphatic heterocycles. The second-order valence-corrected chi connectivity index (χ2v) is 5.88. The number of hydrogen-bond donors (Lipinski definition) is 2. The zero-order valence-electron chi connectivity index (χ0n) is 10.2. The van der Waals surface area contributed by atoms with Gasteiger partial charge >= 0.3 is 0 Å². The van der Waals surface area contributed by atoms with Gasteiger partial charge in [-0.15, -0.1) is 0 Å². The highest BCUT2D eigenvalue weighted by Crippen LogP contribution is 2.25. The van der Waals surface area contributed by atoms with Crippen LogP contribution in [-0.2, 0) is 0 Å². The van der Waals surface area contributed by atoms with Gasteiger partial charge in [0.2, 0.25) is 0 Å². The first kappa shape index (κ1) is 14.1. The molecule has 0 fully saturated rings. The lowest BCUT2D eigenvalue weighted by Gasteiger charge is -2.09. The van der Waals surface area contributed by atoms with Crippen molar-refractivity contribution in [2.45, 2.75) is 6.92 Å². The standard InChI is InChI=1S/C14H12Br2N2O/c1-8-2-4-11(16)13(6-8)18-14(19)9-3-5-10(15)12(17)7-9/h2-7H,17H2,1H3,(H,18,19). The fourth-order valence-electron chi connectivity index (χ4n) is 1.61. The van der Waals surface area contributed by atoms with E-state index in [1.54, 1.807) is 18.2 Å². The smallest absolute Gasteiger partial charge is 0.255 e. The summed E-state index contributed by atoms with van der Waals surface area (Å²) >= 11 is 6.71. The number of carbonyl (C=O) groups excluding carboxylic acids is 1. The molecule has 3 nitrogen and oxygen atoms in total. The van der Waals surface area contributed by atoms with E-state index >= 15 is 0 Å². The number of rotatable bonds is 2. The summed E-state index contributed by atoms with van der Waals surface area (Å²) in [5.41, 5.74) is 8.65. The van der Waals surface area contributed by atoms with Crippen LogP contribution in [-0.4, -0.2) is 5.91 Å². The lowest BCUT2D eigenvalue weighted by Crippen LogP contribution is -2.12. The fourth-order valence-corrected chi connectivity index (χ4v) is 2.21. The molecule has 0 radical (unpaired) electrons. The molecule has 0 aromatic heterocycles. The number of nitrogens with two attached hydrogens (primary N) is 1. The Hall–Kier alpha value is -1.33. The van der Waals surface area contributed by atoms with Crippen molar-refractivity contribution in [3.05, 3.63) is 56.5 Å². The molecule has 3 N–H and O–H groups in total. The van der Waals surface area contributed by atoms with Gasteiger partial charge in [-0.1, -0.05) is 6.07 Å². The first-order valence-electron chi connectivity index (χ1n) is 5.60. The van der Waals surface area contributed by atoms with Crippen LogP contribution in [0, 0.1) is 6.92 Å². The summed E-state index contributed by atoms with van der Waals surface area (Å²) in [5.74, 6) is -0.189. The predicted molar refractivity (Wildman–Crippen MR) is 85.4 cm³/mol. The van der Waals surface area contributed by atoms with Crippen LogP contribution in [0.4, 0.5) is 11.4 Å². The molecule has 0 bridgehead atoms. The molecular formula is C14H12Br2N2O. The van der Waals surface area contributed by atoms with E-state index in [0.717, 1.165) is 20.2 Å². The second-order valence-electron chi connectivity index (χ2n) is 4.17. The SMILES string of the molecule is Cc1ccc(Br)c(NC(=O)c2ccc(Br)c(N)c2)c1. The molecule has 0 unspecified atom stereocenters. The van der Waals surface area contributed by atoms with E-state index in [1.165, 1.54) is 0 Å². The van der Waals surface area contributed by atoms with Crippen molar-refractivity contribution in [3.8, 4) is 0 Å². The van der Waals surface area contributed by atoms with E-state index in [1.807, 2.05) is 25.1 Å². The third kappa shape index (κ3) is 3.36. The molecule has 2 rings (SSSR count). The van der Waals surface area contributed by atoms with Gasteiger partial charge in [0.1, 0.15) is 0 Å². The lowest BCUT2D eigenvalue weighted by atomic mass is 10.1. The van der Waals surface area contributed by atoms with Gasteiger partial charge in [-0.3, -0.25) is 4.79 Å². The summed E-state index contributed by atoms with van der Waals surface area (Å²) in [5, 5.41) is 2.86. The Morgan fingerprint density at radius 3 is 2.47 bits per heavy atom. The maximum absolute atomic E-state index is 12.1. The van der Waals surface area contributed by atoms with Crippen LogP contribution < -0.4 is 11.1 Å². The molecule has 2 aromatic carbocycles. The molecule has 0 atom stereocenters. The van der Waals surface area contributed by atoms with E-state index in [9.17, 15) is 4.79 Å². The molecule has 0 aliphatic rings. The van der Waals surface area contributed by atoms with Gasteiger partial charge in [0, 0.05) is 20.2 Å². The number of nitrogens with one attached hydrogen (secondary N) is 1. The van der Waals surface area contributed by atoms with Crippen molar-refractivity contribution in [1.82, 2.24) is 0 Å². The molecule has 98 valence electrons. The Bertz CT molecular complexity index is 641. The minimum atomic E-state index is -0.189. The lowest BCUT2D eigenvalue weighted by molar-refractivity contribution is 0.102. The van der Waals surface area contributed by atoms with Crippen molar-refractivity contribution in [2.75, 3.05) is 11.1 Å². The normalized spacial score (nSPS) is 10.3. The van der Waals surface area contributed by atoms with Crippen LogP contribution >= 0.6 is 31.9 Å². The van der Waals surface area contributed by atoms with Crippen molar-refractivity contribution in [1.29, 1.82) is 0 Å². The highest BCUT2D eigenvalue weighted by molar-refractivity contribution is 9.11. The van der Waals surface area contributed by atoms with Crippen molar-refractivity contribution in [3.63, 3.8) is 0 Å². The maximum Gasteiger partial charge on any atom is 0.255 e. The number of carbonyl (C=O) groups is 1. The van der Waals surface area contributed by atoms with E-state index in [4.69, 9.17) is 5.73 Å². The number of hydrogen-bond acceptors (Lipinski definition) is 2. The average molecular weight is 384 g/mol. The van der Waals surface area contributed by atoms with Crippen LogP contribution in [0.25, 0.3) is 0 Å². The van der Waals surface area contributed by atoms with E-state index in [0.29, 0.717) is 11.3 Å². The predicted octanol–water partition coefficient (Wildman–Crippen LogP) is 4.35. The van der Waals surface area contributed by atoms with Gasteiger partial charge < -0.3 is 11.1 Å². The summed E-state index contributed by atoms with van der Waals surface area (Å²) in [6.45, 7) is 1.97. The van der Waals surface area contributed by atoms with Crippen molar-refractivity contribution >= 4 is 49.1 Å². The van der Waals surface area contributed by atoms with Gasteiger partial charge in [-0.2, -0.15) is 0 Å². The molecule has 0 heterocycles. The first-order valence-corrected chi connectivity index (χ1v) is 7.18. The van der Waals surface area contributed by atoms with Crippen LogP contribution in [0.5, 0.6) is 0 Å². The van der Waals surface area contributed by atoms with Crippen molar-refractivity contribution < 1.29 is 4.79 Å². The maximum atomic E-state index is 12.1. The van der Waals surface area contributed by atoms with Crippen LogP contribution in [0.15, 0.2) is 45.3 Å². The van der Waals surface area contributed by atoms with E-state index in [-0.39, 0.29) is 5.91 Å². The molecular weight excluding hydrogens is 372 g/mol. The molecule has 5 heteroatoms. The summed E-state index contributed by atoms with van der Waals surface area (Å²) in [6, 6.07) is 10.9. The topological polar surface area (TPSA) is 55.1 Å². The fraction of sp³-hybridized carbons (Fsp3) is 0.0714. The highest BCUT2D eigenvalue weighted by atomic mass is 79.9. The van der Waals surface area contributed by atoms with Crippen LogP contribution in [0.2, 0.25) is 0 Å². The Morgan fingerprint density at radius 2 is 1.79 bits per heavy atom. The molecule has 1 amide bonds. The molecule has 19 heavy (non-hydrogen) atoms. The van der Waals surface area contributed by atoms with Crippen LogP contribution in [0.1, 0.15) is 15.9 Å². The van der Waals surface area contributed by atoms with Gasteiger partial charge in [0.05, 0.1) is 5.69 Å². The zero-order valence-corrected chi connectivity index (χ0v) is 13.4. The zero-order chi connectivity index (χ0) is 14.0. The third-order valence-corrected chi connectivity index (χ3v) is 4.04. The Labute approximate surface area is 128 Å².